The molecule has 0 fully saturated rings. The molecule has 0 N–H and O–H groups in total. The lowest BCUT2D eigenvalue weighted by molar-refractivity contribution is -0.141. The van der Waals surface area contributed by atoms with E-state index < -0.39 is 0 Å². The van der Waals surface area contributed by atoms with E-state index in [-0.39, 0.29) is 24.8 Å². The normalized spacial score (nSPS) is 10.8. The summed E-state index contributed by atoms with van der Waals surface area (Å²) in [6.07, 6.45) is 3.78. The van der Waals surface area contributed by atoms with Gasteiger partial charge in [0, 0.05) is 32.6 Å². The topological polar surface area (TPSA) is 67.9 Å². The molecule has 0 bridgehead atoms. The second-order valence-electron chi connectivity index (χ2n) is 7.41. The molecule has 0 saturated heterocycles. The number of benzene rings is 1. The number of aromatic nitrogens is 1. The molecule has 1 aromatic carbocycles. The maximum absolute atomic E-state index is 13.3. The van der Waals surface area contributed by atoms with Gasteiger partial charge in [-0.3, -0.25) is 9.59 Å². The summed E-state index contributed by atoms with van der Waals surface area (Å²) < 4.78 is 12.6. The lowest BCUT2D eigenvalue weighted by Crippen LogP contribution is -2.44. The van der Waals surface area contributed by atoms with Crippen LogP contribution in [0.25, 0.3) is 0 Å². The van der Waals surface area contributed by atoms with Crippen LogP contribution >= 0.6 is 0 Å². The van der Waals surface area contributed by atoms with Crippen molar-refractivity contribution in [2.24, 2.45) is 7.05 Å². The summed E-state index contributed by atoms with van der Waals surface area (Å²) in [6, 6.07) is 17.1. The smallest absolute Gasteiger partial charge is 0.242 e. The van der Waals surface area contributed by atoms with Crippen LogP contribution in [0.3, 0.4) is 0 Å². The highest BCUT2D eigenvalue weighted by molar-refractivity contribution is 5.86. The average molecular weight is 424 g/mol. The van der Waals surface area contributed by atoms with Gasteiger partial charge in [0.1, 0.15) is 5.76 Å². The maximum atomic E-state index is 13.3. The SMILES string of the molecule is COCCN(CC(=O)N(Cc1ccco1)Cc1cccn1C)C(=O)Cc1ccccc1. The number of methoxy groups -OCH3 is 1. The van der Waals surface area contributed by atoms with Crippen LogP contribution in [0.2, 0.25) is 0 Å². The van der Waals surface area contributed by atoms with Crippen molar-refractivity contribution in [3.05, 3.63) is 84.1 Å². The van der Waals surface area contributed by atoms with Crippen molar-refractivity contribution in [3.63, 3.8) is 0 Å². The summed E-state index contributed by atoms with van der Waals surface area (Å²) in [5.74, 6) is 0.449. The van der Waals surface area contributed by atoms with Crippen LogP contribution in [-0.4, -0.2) is 53.0 Å². The average Bonchev–Trinajstić information content (AvgIpc) is 3.43. The number of furan rings is 1. The summed E-state index contributed by atoms with van der Waals surface area (Å²) >= 11 is 0. The monoisotopic (exact) mass is 423 g/mol. The van der Waals surface area contributed by atoms with Gasteiger partial charge in [0.25, 0.3) is 0 Å². The molecule has 0 aliphatic heterocycles. The highest BCUT2D eigenvalue weighted by atomic mass is 16.5. The minimum Gasteiger partial charge on any atom is -0.467 e. The van der Waals surface area contributed by atoms with E-state index in [0.717, 1.165) is 11.3 Å². The Hall–Kier alpha value is -3.32. The molecule has 0 aliphatic carbocycles. The van der Waals surface area contributed by atoms with E-state index >= 15 is 0 Å². The first-order valence-electron chi connectivity index (χ1n) is 10.3. The molecule has 0 saturated carbocycles. The minimum absolute atomic E-state index is 0.0137. The van der Waals surface area contributed by atoms with Gasteiger partial charge in [0.05, 0.1) is 38.9 Å². The number of carbonyl (C=O) groups is 2. The molecule has 0 spiro atoms. The predicted octanol–water partition coefficient (Wildman–Crippen LogP) is 2.86. The first kappa shape index (κ1) is 22.4. The summed E-state index contributed by atoms with van der Waals surface area (Å²) in [6.45, 7) is 1.46. The summed E-state index contributed by atoms with van der Waals surface area (Å²) in [5, 5.41) is 0. The van der Waals surface area contributed by atoms with Gasteiger partial charge in [-0.2, -0.15) is 0 Å². The predicted molar refractivity (Wildman–Crippen MR) is 117 cm³/mol. The Morgan fingerprint density at radius 2 is 1.77 bits per heavy atom. The van der Waals surface area contributed by atoms with Crippen LogP contribution in [0.5, 0.6) is 0 Å². The molecule has 3 aromatic rings. The Labute approximate surface area is 182 Å². The van der Waals surface area contributed by atoms with Crippen LogP contribution in [0.15, 0.2) is 71.5 Å². The second kappa shape index (κ2) is 11.2. The third kappa shape index (κ3) is 6.58. The number of ether oxygens (including phenoxy) is 1. The first-order chi connectivity index (χ1) is 15.1. The van der Waals surface area contributed by atoms with Crippen LogP contribution in [0.4, 0.5) is 0 Å². The van der Waals surface area contributed by atoms with Gasteiger partial charge in [0.15, 0.2) is 0 Å². The number of amides is 2. The van der Waals surface area contributed by atoms with Gasteiger partial charge >= 0.3 is 0 Å². The molecule has 31 heavy (non-hydrogen) atoms. The third-order valence-electron chi connectivity index (χ3n) is 5.13. The highest BCUT2D eigenvalue weighted by Gasteiger charge is 2.23. The molecule has 164 valence electrons. The summed E-state index contributed by atoms with van der Waals surface area (Å²) in [7, 11) is 3.53. The number of carbonyl (C=O) groups excluding carboxylic acids is 2. The molecule has 3 rings (SSSR count). The number of aryl methyl sites for hydroxylation is 1. The zero-order valence-electron chi connectivity index (χ0n) is 18.1. The van der Waals surface area contributed by atoms with Crippen molar-refractivity contribution in [3.8, 4) is 0 Å². The van der Waals surface area contributed by atoms with E-state index in [4.69, 9.17) is 9.15 Å². The van der Waals surface area contributed by atoms with Crippen molar-refractivity contribution >= 4 is 11.8 Å². The fourth-order valence-electron chi connectivity index (χ4n) is 3.32. The minimum atomic E-state index is -0.143. The molecule has 0 radical (unpaired) electrons. The number of nitrogens with zero attached hydrogens (tertiary/aromatic N) is 3. The zero-order chi connectivity index (χ0) is 22.1. The molecule has 0 unspecified atom stereocenters. The third-order valence-corrected chi connectivity index (χ3v) is 5.13. The summed E-state index contributed by atoms with van der Waals surface area (Å²) in [5.41, 5.74) is 1.91. The van der Waals surface area contributed by atoms with E-state index in [1.807, 2.05) is 66.3 Å². The lowest BCUT2D eigenvalue weighted by Gasteiger charge is -2.27. The Bertz CT molecular complexity index is 950. The van der Waals surface area contributed by atoms with Gasteiger partial charge in [0.2, 0.25) is 11.8 Å². The number of hydrogen-bond acceptors (Lipinski definition) is 4. The molecular formula is C24H29N3O4. The fourth-order valence-corrected chi connectivity index (χ4v) is 3.32. The van der Waals surface area contributed by atoms with Crippen molar-refractivity contribution in [2.45, 2.75) is 19.5 Å². The molecule has 2 aromatic heterocycles. The Morgan fingerprint density at radius 3 is 2.42 bits per heavy atom. The molecule has 7 heteroatoms. The van der Waals surface area contributed by atoms with Crippen molar-refractivity contribution in [1.29, 1.82) is 0 Å². The van der Waals surface area contributed by atoms with E-state index in [0.29, 0.717) is 32.0 Å². The standard InChI is InChI=1S/C24H29N3O4/c1-25-12-6-10-21(25)17-27(18-22-11-7-14-31-22)24(29)19-26(13-15-30-2)23(28)16-20-8-4-3-5-9-20/h3-12,14H,13,15-19H2,1-2H3. The molecule has 2 amide bonds. The van der Waals surface area contributed by atoms with Crippen LogP contribution in [-0.2, 0) is 40.9 Å². The van der Waals surface area contributed by atoms with Crippen LogP contribution in [0.1, 0.15) is 17.0 Å². The van der Waals surface area contributed by atoms with Crippen LogP contribution in [0, 0.1) is 0 Å². The molecule has 0 aliphatic rings. The van der Waals surface area contributed by atoms with Crippen molar-refractivity contribution < 1.29 is 18.7 Å². The summed E-state index contributed by atoms with van der Waals surface area (Å²) in [4.78, 5) is 29.5. The first-order valence-corrected chi connectivity index (χ1v) is 10.3. The molecule has 7 nitrogen and oxygen atoms in total. The highest BCUT2D eigenvalue weighted by Crippen LogP contribution is 2.12. The lowest BCUT2D eigenvalue weighted by atomic mass is 10.1. The van der Waals surface area contributed by atoms with Gasteiger partial charge in [-0.15, -0.1) is 0 Å². The Balaban J connectivity index is 1.73. The van der Waals surface area contributed by atoms with Crippen molar-refractivity contribution in [1.82, 2.24) is 14.4 Å². The van der Waals surface area contributed by atoms with Gasteiger partial charge in [-0.1, -0.05) is 30.3 Å². The van der Waals surface area contributed by atoms with E-state index in [2.05, 4.69) is 0 Å². The fraction of sp³-hybridized carbons (Fsp3) is 0.333. The number of rotatable bonds is 11. The van der Waals surface area contributed by atoms with Crippen LogP contribution < -0.4 is 0 Å². The van der Waals surface area contributed by atoms with Gasteiger partial charge < -0.3 is 23.5 Å². The second-order valence-corrected chi connectivity index (χ2v) is 7.41. The van der Waals surface area contributed by atoms with E-state index in [1.165, 1.54) is 0 Å². The Morgan fingerprint density at radius 1 is 0.968 bits per heavy atom. The van der Waals surface area contributed by atoms with E-state index in [9.17, 15) is 9.59 Å². The molecular weight excluding hydrogens is 394 g/mol. The maximum Gasteiger partial charge on any atom is 0.242 e. The van der Waals surface area contributed by atoms with Gasteiger partial charge in [-0.25, -0.2) is 0 Å². The van der Waals surface area contributed by atoms with Crippen molar-refractivity contribution in [2.75, 3.05) is 26.8 Å². The quantitative estimate of drug-likeness (QED) is 0.476. The Kier molecular flexibility index (Phi) is 8.06. The largest absolute Gasteiger partial charge is 0.467 e. The van der Waals surface area contributed by atoms with Gasteiger partial charge in [-0.05, 0) is 29.8 Å². The molecule has 2 heterocycles. The zero-order valence-corrected chi connectivity index (χ0v) is 18.1. The number of hydrogen-bond donors (Lipinski definition) is 0. The van der Waals surface area contributed by atoms with E-state index in [1.54, 1.807) is 29.2 Å². The molecule has 0 atom stereocenters.